The maximum absolute atomic E-state index is 9.86. The van der Waals surface area contributed by atoms with E-state index in [9.17, 15) is 4.79 Å². The SMILES string of the molecule is O=CC1=[C]CC=C1. The monoisotopic (exact) mass is 93.0 g/mol. The second-order valence-corrected chi connectivity index (χ2v) is 1.36. The molecule has 1 aliphatic rings. The van der Waals surface area contributed by atoms with E-state index in [0.29, 0.717) is 5.57 Å². The largest absolute Gasteiger partial charge is 0.298 e. The van der Waals surface area contributed by atoms with E-state index in [1.807, 2.05) is 6.08 Å². The van der Waals surface area contributed by atoms with Crippen molar-refractivity contribution < 1.29 is 4.79 Å². The minimum atomic E-state index is 0.681. The van der Waals surface area contributed by atoms with Crippen LogP contribution >= 0.6 is 0 Å². The predicted molar refractivity (Wildman–Crippen MR) is 26.6 cm³/mol. The summed E-state index contributed by atoms with van der Waals surface area (Å²) < 4.78 is 0. The van der Waals surface area contributed by atoms with Crippen molar-refractivity contribution in [2.75, 3.05) is 0 Å². The van der Waals surface area contributed by atoms with Gasteiger partial charge in [-0.3, -0.25) is 4.79 Å². The number of carbonyl (C=O) groups is 1. The number of hydrogen-bond donors (Lipinski definition) is 0. The maximum atomic E-state index is 9.86. The van der Waals surface area contributed by atoms with Crippen molar-refractivity contribution in [2.24, 2.45) is 0 Å². The van der Waals surface area contributed by atoms with Gasteiger partial charge in [0, 0.05) is 5.57 Å². The number of hydrogen-bond acceptors (Lipinski definition) is 1. The van der Waals surface area contributed by atoms with Crippen LogP contribution in [0.4, 0.5) is 0 Å². The van der Waals surface area contributed by atoms with Gasteiger partial charge in [0.25, 0.3) is 0 Å². The molecule has 0 aromatic rings. The molecule has 0 aromatic heterocycles. The first-order valence-corrected chi connectivity index (χ1v) is 2.16. The zero-order valence-corrected chi connectivity index (χ0v) is 3.85. The quantitative estimate of drug-likeness (QED) is 0.440. The third-order valence-electron chi connectivity index (χ3n) is 0.848. The number of aldehydes is 1. The molecule has 0 atom stereocenters. The summed E-state index contributed by atoms with van der Waals surface area (Å²) in [7, 11) is 0. The Kier molecular flexibility index (Phi) is 1.07. The van der Waals surface area contributed by atoms with E-state index >= 15 is 0 Å². The molecule has 0 saturated heterocycles. The first-order valence-electron chi connectivity index (χ1n) is 2.16. The number of carbonyl (C=O) groups excluding carboxylic acids is 1. The van der Waals surface area contributed by atoms with Crippen LogP contribution in [0.5, 0.6) is 0 Å². The molecule has 7 heavy (non-hydrogen) atoms. The van der Waals surface area contributed by atoms with Crippen LogP contribution in [-0.2, 0) is 4.79 Å². The summed E-state index contributed by atoms with van der Waals surface area (Å²) in [6, 6.07) is 0. The molecule has 0 spiro atoms. The van der Waals surface area contributed by atoms with Gasteiger partial charge in [-0.2, -0.15) is 0 Å². The van der Waals surface area contributed by atoms with Crippen molar-refractivity contribution in [1.82, 2.24) is 0 Å². The zero-order valence-electron chi connectivity index (χ0n) is 3.85. The van der Waals surface area contributed by atoms with Gasteiger partial charge in [-0.1, -0.05) is 12.2 Å². The molecule has 1 aliphatic carbocycles. The Labute approximate surface area is 42.3 Å². The van der Waals surface area contributed by atoms with Gasteiger partial charge < -0.3 is 0 Å². The Morgan fingerprint density at radius 3 is 3.00 bits per heavy atom. The van der Waals surface area contributed by atoms with E-state index in [0.717, 1.165) is 12.7 Å². The van der Waals surface area contributed by atoms with Crippen LogP contribution in [0.15, 0.2) is 17.7 Å². The van der Waals surface area contributed by atoms with Gasteiger partial charge >= 0.3 is 0 Å². The molecule has 0 fully saturated rings. The Morgan fingerprint density at radius 2 is 2.71 bits per heavy atom. The summed E-state index contributed by atoms with van der Waals surface area (Å²) in [4.78, 5) is 9.86. The molecule has 0 heterocycles. The zero-order chi connectivity index (χ0) is 5.11. The highest BCUT2D eigenvalue weighted by Crippen LogP contribution is 2.02. The summed E-state index contributed by atoms with van der Waals surface area (Å²) >= 11 is 0. The summed E-state index contributed by atoms with van der Waals surface area (Å²) in [5.41, 5.74) is 0.681. The van der Waals surface area contributed by atoms with Gasteiger partial charge in [0.05, 0.1) is 0 Å². The molecule has 0 saturated carbocycles. The number of allylic oxidation sites excluding steroid dienone is 4. The lowest BCUT2D eigenvalue weighted by atomic mass is 10.3. The normalized spacial score (nSPS) is 16.9. The molecule has 0 aliphatic heterocycles. The predicted octanol–water partition coefficient (Wildman–Crippen LogP) is 0.875. The second kappa shape index (κ2) is 1.73. The van der Waals surface area contributed by atoms with Crippen molar-refractivity contribution in [3.8, 4) is 0 Å². The summed E-state index contributed by atoms with van der Waals surface area (Å²) in [5.74, 6) is 0. The van der Waals surface area contributed by atoms with Crippen molar-refractivity contribution in [3.63, 3.8) is 0 Å². The van der Waals surface area contributed by atoms with Crippen LogP contribution in [0.3, 0.4) is 0 Å². The topological polar surface area (TPSA) is 17.1 Å². The second-order valence-electron chi connectivity index (χ2n) is 1.36. The van der Waals surface area contributed by atoms with E-state index < -0.39 is 0 Å². The highest BCUT2D eigenvalue weighted by atomic mass is 16.1. The van der Waals surface area contributed by atoms with E-state index in [-0.39, 0.29) is 0 Å². The molecule has 1 heteroatoms. The standard InChI is InChI=1S/C6H5O/c7-5-6-3-1-2-4-6/h1,3,5H,2H2. The smallest absolute Gasteiger partial charge is 0.150 e. The Balaban J connectivity index is 2.69. The highest BCUT2D eigenvalue weighted by molar-refractivity contribution is 5.77. The first-order chi connectivity index (χ1) is 3.43. The summed E-state index contributed by atoms with van der Waals surface area (Å²) in [6.45, 7) is 0. The van der Waals surface area contributed by atoms with E-state index in [4.69, 9.17) is 0 Å². The van der Waals surface area contributed by atoms with E-state index in [2.05, 4.69) is 6.08 Å². The lowest BCUT2D eigenvalue weighted by molar-refractivity contribution is -0.104. The molecule has 0 unspecified atom stereocenters. The fourth-order valence-corrected chi connectivity index (χ4v) is 0.503. The van der Waals surface area contributed by atoms with Gasteiger partial charge in [-0.25, -0.2) is 0 Å². The van der Waals surface area contributed by atoms with Gasteiger partial charge in [0.1, 0.15) is 6.29 Å². The molecule has 0 bridgehead atoms. The van der Waals surface area contributed by atoms with Crippen molar-refractivity contribution >= 4 is 6.29 Å². The van der Waals surface area contributed by atoms with Crippen LogP contribution in [0.1, 0.15) is 6.42 Å². The van der Waals surface area contributed by atoms with E-state index in [1.165, 1.54) is 0 Å². The van der Waals surface area contributed by atoms with Crippen LogP contribution in [0.2, 0.25) is 0 Å². The molecule has 1 radical (unpaired) electrons. The fourth-order valence-electron chi connectivity index (χ4n) is 0.503. The minimum absolute atomic E-state index is 0.681. The molecule has 35 valence electrons. The van der Waals surface area contributed by atoms with Gasteiger partial charge in [0.2, 0.25) is 0 Å². The average Bonchev–Trinajstić information content (AvgIpc) is 2.14. The van der Waals surface area contributed by atoms with Crippen molar-refractivity contribution in [3.05, 3.63) is 23.8 Å². The Bertz CT molecular complexity index is 131. The maximum Gasteiger partial charge on any atom is 0.150 e. The van der Waals surface area contributed by atoms with Gasteiger partial charge in [0.15, 0.2) is 0 Å². The fraction of sp³-hybridized carbons (Fsp3) is 0.167. The van der Waals surface area contributed by atoms with Crippen LogP contribution in [0.25, 0.3) is 0 Å². The molecule has 0 N–H and O–H groups in total. The van der Waals surface area contributed by atoms with Gasteiger partial charge in [-0.15, -0.1) is 0 Å². The van der Waals surface area contributed by atoms with Crippen LogP contribution in [-0.4, -0.2) is 6.29 Å². The third kappa shape index (κ3) is 0.769. The molecule has 1 rings (SSSR count). The number of rotatable bonds is 1. The third-order valence-corrected chi connectivity index (χ3v) is 0.848. The highest BCUT2D eigenvalue weighted by Gasteiger charge is 1.91. The lowest BCUT2D eigenvalue weighted by Gasteiger charge is -1.71. The lowest BCUT2D eigenvalue weighted by Crippen LogP contribution is -1.70. The molecular weight excluding hydrogens is 88.1 g/mol. The molecule has 1 nitrogen and oxygen atoms in total. The van der Waals surface area contributed by atoms with E-state index in [1.54, 1.807) is 6.08 Å². The molecular formula is C6H5O. The van der Waals surface area contributed by atoms with Gasteiger partial charge in [-0.05, 0) is 12.5 Å². The summed E-state index contributed by atoms with van der Waals surface area (Å²) in [6.07, 6.45) is 8.13. The van der Waals surface area contributed by atoms with Crippen molar-refractivity contribution in [2.45, 2.75) is 6.42 Å². The summed E-state index contributed by atoms with van der Waals surface area (Å²) in [5, 5.41) is 0. The minimum Gasteiger partial charge on any atom is -0.298 e. The average molecular weight is 93.1 g/mol. The molecule has 0 amide bonds. The van der Waals surface area contributed by atoms with Crippen molar-refractivity contribution in [1.29, 1.82) is 0 Å². The van der Waals surface area contributed by atoms with Crippen LogP contribution in [0, 0.1) is 6.08 Å². The molecule has 0 aromatic carbocycles. The Morgan fingerprint density at radius 1 is 1.86 bits per heavy atom. The Hall–Kier alpha value is -0.850. The first kappa shape index (κ1) is 4.31. The van der Waals surface area contributed by atoms with Crippen LogP contribution < -0.4 is 0 Å².